The lowest BCUT2D eigenvalue weighted by atomic mass is 10.0. The molecule has 0 aliphatic heterocycles. The fraction of sp³-hybridized carbons (Fsp3) is 0.923. The number of esters is 1. The van der Waals surface area contributed by atoms with Crippen LogP contribution in [-0.2, 0) is 14.3 Å². The summed E-state index contributed by atoms with van der Waals surface area (Å²) in [6.07, 6.45) is 19.4. The summed E-state index contributed by atoms with van der Waals surface area (Å²) in [4.78, 5) is 24.1. The topological polar surface area (TPSA) is 64.6 Å². The monoisotopic (exact) mass is 441 g/mol. The highest BCUT2D eigenvalue weighted by Crippen LogP contribution is 2.13. The van der Waals surface area contributed by atoms with E-state index in [9.17, 15) is 9.59 Å². The predicted octanol–water partition coefficient (Wildman–Crippen LogP) is 7.56. The number of carbonyl (C=O) groups is 2. The molecular weight excluding hydrogens is 390 g/mol. The zero-order valence-corrected chi connectivity index (χ0v) is 21.0. The number of hydrogen-bond acceptors (Lipinski definition) is 4. The van der Waals surface area contributed by atoms with Gasteiger partial charge in [-0.25, -0.2) is 9.59 Å². The molecule has 1 N–H and O–H groups in total. The third-order valence-electron chi connectivity index (χ3n) is 5.67. The zero-order valence-electron chi connectivity index (χ0n) is 21.0. The number of carbonyl (C=O) groups excluding carboxylic acids is 2. The lowest BCUT2D eigenvalue weighted by Crippen LogP contribution is -2.45. The van der Waals surface area contributed by atoms with Gasteiger partial charge in [0.15, 0.2) is 0 Å². The Morgan fingerprint density at radius 3 is 1.48 bits per heavy atom. The van der Waals surface area contributed by atoms with Crippen molar-refractivity contribution in [2.24, 2.45) is 5.92 Å². The summed E-state index contributed by atoms with van der Waals surface area (Å²) >= 11 is 0. The summed E-state index contributed by atoms with van der Waals surface area (Å²) in [7, 11) is 0. The Bertz CT molecular complexity index is 426. The van der Waals surface area contributed by atoms with Crippen LogP contribution >= 0.6 is 0 Å². The van der Waals surface area contributed by atoms with E-state index in [1.54, 1.807) is 0 Å². The summed E-state index contributed by atoms with van der Waals surface area (Å²) in [5, 5.41) is 2.64. The highest BCUT2D eigenvalue weighted by Gasteiger charge is 2.26. The number of alkyl carbamates (subject to hydrolysis) is 1. The Morgan fingerprint density at radius 1 is 0.613 bits per heavy atom. The van der Waals surface area contributed by atoms with E-state index in [0.717, 1.165) is 25.7 Å². The second-order valence-corrected chi connectivity index (χ2v) is 9.12. The summed E-state index contributed by atoms with van der Waals surface area (Å²) in [5.74, 6) is -0.403. The van der Waals surface area contributed by atoms with Gasteiger partial charge in [-0.3, -0.25) is 0 Å². The molecule has 0 saturated carbocycles. The minimum atomic E-state index is -0.652. The normalized spacial score (nSPS) is 12.0. The van der Waals surface area contributed by atoms with Gasteiger partial charge in [0, 0.05) is 0 Å². The molecule has 0 aliphatic rings. The fourth-order valence-electron chi connectivity index (χ4n) is 3.53. The summed E-state index contributed by atoms with van der Waals surface area (Å²) < 4.78 is 10.5. The van der Waals surface area contributed by atoms with Crippen molar-refractivity contribution >= 4 is 12.1 Å². The van der Waals surface area contributed by atoms with E-state index in [2.05, 4.69) is 12.2 Å². The van der Waals surface area contributed by atoms with Crippen LogP contribution in [0.2, 0.25) is 0 Å². The first kappa shape index (κ1) is 29.7. The molecule has 1 unspecified atom stereocenters. The second kappa shape index (κ2) is 22.0. The van der Waals surface area contributed by atoms with Crippen molar-refractivity contribution < 1.29 is 19.1 Å². The van der Waals surface area contributed by atoms with Crippen LogP contribution in [0.1, 0.15) is 130 Å². The smallest absolute Gasteiger partial charge is 0.407 e. The molecule has 0 bridgehead atoms. The molecule has 184 valence electrons. The number of amides is 1. The highest BCUT2D eigenvalue weighted by atomic mass is 16.6. The van der Waals surface area contributed by atoms with E-state index in [4.69, 9.17) is 9.47 Å². The van der Waals surface area contributed by atoms with Crippen LogP contribution in [-0.4, -0.2) is 31.3 Å². The van der Waals surface area contributed by atoms with Crippen LogP contribution in [0.4, 0.5) is 4.79 Å². The van der Waals surface area contributed by atoms with E-state index >= 15 is 0 Å². The number of rotatable bonds is 21. The second-order valence-electron chi connectivity index (χ2n) is 9.12. The van der Waals surface area contributed by atoms with Crippen LogP contribution in [0.15, 0.2) is 0 Å². The van der Waals surface area contributed by atoms with Gasteiger partial charge in [-0.1, -0.05) is 118 Å². The molecule has 0 aromatic rings. The summed E-state index contributed by atoms with van der Waals surface area (Å²) in [6, 6.07) is -0.652. The Morgan fingerprint density at radius 2 is 1.03 bits per heavy atom. The molecule has 0 radical (unpaired) electrons. The number of nitrogens with one attached hydrogen (secondary N) is 1. The standard InChI is InChI=1S/C26H51NO4/c1-5-7-9-10-11-12-13-14-15-16-17-18-19-20-22-30-25(28)24(23(3)4)27-26(29)31-21-8-6-2/h23-24H,5-22H2,1-4H3,(H,27,29). The minimum Gasteiger partial charge on any atom is -0.464 e. The predicted molar refractivity (Wildman–Crippen MR) is 129 cm³/mol. The molecule has 0 aliphatic carbocycles. The molecule has 1 atom stereocenters. The van der Waals surface area contributed by atoms with Crippen LogP contribution in [0.3, 0.4) is 0 Å². The molecule has 0 rings (SSSR count). The minimum absolute atomic E-state index is 0.0393. The van der Waals surface area contributed by atoms with Crippen LogP contribution in [0.25, 0.3) is 0 Å². The third-order valence-corrected chi connectivity index (χ3v) is 5.67. The zero-order chi connectivity index (χ0) is 23.2. The van der Waals surface area contributed by atoms with Gasteiger partial charge in [0.05, 0.1) is 13.2 Å². The van der Waals surface area contributed by atoms with E-state index in [1.807, 2.05) is 20.8 Å². The molecule has 0 saturated heterocycles. The van der Waals surface area contributed by atoms with Crippen molar-refractivity contribution in [2.45, 2.75) is 136 Å². The van der Waals surface area contributed by atoms with Crippen LogP contribution < -0.4 is 5.32 Å². The van der Waals surface area contributed by atoms with Gasteiger partial charge in [-0.15, -0.1) is 0 Å². The Kier molecular flexibility index (Phi) is 21.1. The average molecular weight is 442 g/mol. The number of unbranched alkanes of at least 4 members (excludes halogenated alkanes) is 14. The first-order valence-corrected chi connectivity index (χ1v) is 13.1. The van der Waals surface area contributed by atoms with Gasteiger partial charge in [-0.2, -0.15) is 0 Å². The maximum atomic E-state index is 12.3. The molecule has 31 heavy (non-hydrogen) atoms. The largest absolute Gasteiger partial charge is 0.464 e. The number of ether oxygens (including phenoxy) is 2. The van der Waals surface area contributed by atoms with Gasteiger partial charge in [0.2, 0.25) is 0 Å². The average Bonchev–Trinajstić information content (AvgIpc) is 2.74. The maximum absolute atomic E-state index is 12.3. The van der Waals surface area contributed by atoms with E-state index < -0.39 is 12.1 Å². The van der Waals surface area contributed by atoms with Crippen molar-refractivity contribution in [3.05, 3.63) is 0 Å². The van der Waals surface area contributed by atoms with Gasteiger partial charge in [0.25, 0.3) is 0 Å². The first-order chi connectivity index (χ1) is 15.0. The molecule has 5 heteroatoms. The van der Waals surface area contributed by atoms with Gasteiger partial charge in [0.1, 0.15) is 6.04 Å². The lowest BCUT2D eigenvalue weighted by Gasteiger charge is -2.20. The lowest BCUT2D eigenvalue weighted by molar-refractivity contribution is -0.147. The van der Waals surface area contributed by atoms with Crippen LogP contribution in [0, 0.1) is 5.92 Å². The molecule has 0 spiro atoms. The van der Waals surface area contributed by atoms with Crippen molar-refractivity contribution in [3.8, 4) is 0 Å². The molecule has 0 heterocycles. The van der Waals surface area contributed by atoms with E-state index in [0.29, 0.717) is 13.2 Å². The van der Waals surface area contributed by atoms with E-state index in [-0.39, 0.29) is 11.9 Å². The molecule has 5 nitrogen and oxygen atoms in total. The SMILES string of the molecule is CCCCCCCCCCCCCCCCOC(=O)C(NC(=O)OCCCC)C(C)C. The Labute approximate surface area is 192 Å². The molecular formula is C26H51NO4. The van der Waals surface area contributed by atoms with E-state index in [1.165, 1.54) is 77.0 Å². The van der Waals surface area contributed by atoms with Gasteiger partial charge in [-0.05, 0) is 18.8 Å². The van der Waals surface area contributed by atoms with Crippen molar-refractivity contribution in [1.29, 1.82) is 0 Å². The molecule has 1 amide bonds. The van der Waals surface area contributed by atoms with Crippen molar-refractivity contribution in [2.75, 3.05) is 13.2 Å². The Hall–Kier alpha value is -1.26. The van der Waals surface area contributed by atoms with Crippen molar-refractivity contribution in [1.82, 2.24) is 5.32 Å². The fourth-order valence-corrected chi connectivity index (χ4v) is 3.53. The molecule has 0 aromatic carbocycles. The highest BCUT2D eigenvalue weighted by molar-refractivity contribution is 5.81. The van der Waals surface area contributed by atoms with Gasteiger partial charge >= 0.3 is 12.1 Å². The first-order valence-electron chi connectivity index (χ1n) is 13.1. The quantitative estimate of drug-likeness (QED) is 0.147. The molecule has 0 aromatic heterocycles. The maximum Gasteiger partial charge on any atom is 0.407 e. The summed E-state index contributed by atoms with van der Waals surface area (Å²) in [5.41, 5.74) is 0. The van der Waals surface area contributed by atoms with Gasteiger partial charge < -0.3 is 14.8 Å². The van der Waals surface area contributed by atoms with Crippen LogP contribution in [0.5, 0.6) is 0 Å². The summed E-state index contributed by atoms with van der Waals surface area (Å²) in [6.45, 7) is 8.89. The third kappa shape index (κ3) is 19.2. The van der Waals surface area contributed by atoms with Crippen molar-refractivity contribution in [3.63, 3.8) is 0 Å². The number of hydrogen-bond donors (Lipinski definition) is 1. The Balaban J connectivity index is 3.62. The molecule has 0 fully saturated rings.